The number of hydrogen-bond acceptors (Lipinski definition) is 3. The second kappa shape index (κ2) is 4.96. The van der Waals surface area contributed by atoms with Gasteiger partial charge in [-0.2, -0.15) is 0 Å². The van der Waals surface area contributed by atoms with Gasteiger partial charge in [-0.1, -0.05) is 6.07 Å². The highest BCUT2D eigenvalue weighted by atomic mass is 16.5. The maximum Gasteiger partial charge on any atom is 0.142 e. The van der Waals surface area contributed by atoms with Gasteiger partial charge in [0, 0.05) is 18.6 Å². The number of likely N-dealkylation sites (N-methyl/N-ethyl adjacent to an activating group) is 1. The first-order valence-electron chi connectivity index (χ1n) is 6.21. The van der Waals surface area contributed by atoms with E-state index in [-0.39, 0.29) is 0 Å². The first-order valence-corrected chi connectivity index (χ1v) is 6.21. The molecule has 0 aliphatic carbocycles. The SMILES string of the molecule is COc1cc(C)ccc1NC1CC(C)N(C)C1. The lowest BCUT2D eigenvalue weighted by Gasteiger charge is -2.17. The van der Waals surface area contributed by atoms with Crippen molar-refractivity contribution in [2.24, 2.45) is 0 Å². The van der Waals surface area contributed by atoms with Crippen LogP contribution in [0.3, 0.4) is 0 Å². The summed E-state index contributed by atoms with van der Waals surface area (Å²) in [6.45, 7) is 5.45. The van der Waals surface area contributed by atoms with E-state index < -0.39 is 0 Å². The summed E-state index contributed by atoms with van der Waals surface area (Å²) in [6.07, 6.45) is 1.19. The first-order chi connectivity index (χ1) is 8.10. The van der Waals surface area contributed by atoms with Crippen molar-refractivity contribution in [1.29, 1.82) is 0 Å². The molecular weight excluding hydrogens is 212 g/mol. The molecule has 17 heavy (non-hydrogen) atoms. The van der Waals surface area contributed by atoms with Crippen molar-refractivity contribution >= 4 is 5.69 Å². The number of hydrogen-bond donors (Lipinski definition) is 1. The number of benzene rings is 1. The Bertz CT molecular complexity index is 382. The highest BCUT2D eigenvalue weighted by Gasteiger charge is 2.26. The molecule has 1 heterocycles. The molecule has 0 radical (unpaired) electrons. The van der Waals surface area contributed by atoms with Crippen molar-refractivity contribution in [1.82, 2.24) is 4.90 Å². The normalized spacial score (nSPS) is 24.9. The summed E-state index contributed by atoms with van der Waals surface area (Å²) in [5, 5.41) is 3.58. The van der Waals surface area contributed by atoms with E-state index in [0.29, 0.717) is 12.1 Å². The van der Waals surface area contributed by atoms with E-state index in [9.17, 15) is 0 Å². The molecule has 3 nitrogen and oxygen atoms in total. The summed E-state index contributed by atoms with van der Waals surface area (Å²) in [4.78, 5) is 2.39. The molecule has 0 aromatic heterocycles. The predicted octanol–water partition coefficient (Wildman–Crippen LogP) is 2.51. The van der Waals surface area contributed by atoms with Gasteiger partial charge in [0.2, 0.25) is 0 Å². The molecule has 1 fully saturated rings. The third kappa shape index (κ3) is 2.72. The summed E-state index contributed by atoms with van der Waals surface area (Å²) in [6, 6.07) is 7.48. The Balaban J connectivity index is 2.09. The van der Waals surface area contributed by atoms with Crippen molar-refractivity contribution in [2.45, 2.75) is 32.4 Å². The second-order valence-electron chi connectivity index (χ2n) is 5.07. The Morgan fingerprint density at radius 2 is 2.18 bits per heavy atom. The fourth-order valence-corrected chi connectivity index (χ4v) is 2.44. The quantitative estimate of drug-likeness (QED) is 0.869. The molecule has 1 saturated heterocycles. The van der Waals surface area contributed by atoms with Gasteiger partial charge < -0.3 is 15.0 Å². The van der Waals surface area contributed by atoms with Crippen LogP contribution in [0, 0.1) is 6.92 Å². The lowest BCUT2D eigenvalue weighted by molar-refractivity contribution is 0.330. The minimum Gasteiger partial charge on any atom is -0.495 e. The Kier molecular flexibility index (Phi) is 3.57. The number of likely N-dealkylation sites (tertiary alicyclic amines) is 1. The molecule has 0 amide bonds. The summed E-state index contributed by atoms with van der Waals surface area (Å²) in [5.41, 5.74) is 2.33. The van der Waals surface area contributed by atoms with E-state index >= 15 is 0 Å². The van der Waals surface area contributed by atoms with Crippen molar-refractivity contribution in [3.8, 4) is 5.75 Å². The van der Waals surface area contributed by atoms with Crippen LogP contribution in [0.2, 0.25) is 0 Å². The molecule has 94 valence electrons. The van der Waals surface area contributed by atoms with Gasteiger partial charge in [0.05, 0.1) is 12.8 Å². The summed E-state index contributed by atoms with van der Waals surface area (Å²) in [7, 11) is 3.90. The van der Waals surface area contributed by atoms with Crippen molar-refractivity contribution in [3.05, 3.63) is 23.8 Å². The third-order valence-electron chi connectivity index (χ3n) is 3.60. The number of anilines is 1. The van der Waals surface area contributed by atoms with Crippen LogP contribution in [0.15, 0.2) is 18.2 Å². The van der Waals surface area contributed by atoms with Gasteiger partial charge in [0.25, 0.3) is 0 Å². The highest BCUT2D eigenvalue weighted by molar-refractivity contribution is 5.58. The molecule has 2 rings (SSSR count). The molecule has 1 N–H and O–H groups in total. The smallest absolute Gasteiger partial charge is 0.142 e. The average Bonchev–Trinajstić information content (AvgIpc) is 2.60. The molecule has 3 heteroatoms. The molecule has 0 saturated carbocycles. The molecular formula is C14H22N2O. The number of nitrogens with one attached hydrogen (secondary N) is 1. The summed E-state index contributed by atoms with van der Waals surface area (Å²) >= 11 is 0. The monoisotopic (exact) mass is 234 g/mol. The molecule has 1 aromatic carbocycles. The molecule has 1 aromatic rings. The number of ether oxygens (including phenoxy) is 1. The first kappa shape index (κ1) is 12.2. The molecule has 0 spiro atoms. The number of rotatable bonds is 3. The summed E-state index contributed by atoms with van der Waals surface area (Å²) in [5.74, 6) is 0.937. The summed E-state index contributed by atoms with van der Waals surface area (Å²) < 4.78 is 5.41. The van der Waals surface area contributed by atoms with Gasteiger partial charge in [-0.15, -0.1) is 0 Å². The molecule has 0 bridgehead atoms. The zero-order chi connectivity index (χ0) is 12.4. The fourth-order valence-electron chi connectivity index (χ4n) is 2.44. The minimum absolute atomic E-state index is 0.520. The van der Waals surface area contributed by atoms with Crippen LogP contribution in [-0.2, 0) is 0 Å². The van der Waals surface area contributed by atoms with E-state index in [1.165, 1.54) is 12.0 Å². The molecule has 1 aliphatic heterocycles. The average molecular weight is 234 g/mol. The largest absolute Gasteiger partial charge is 0.495 e. The Labute approximate surface area is 104 Å². The zero-order valence-electron chi connectivity index (χ0n) is 11.2. The van der Waals surface area contributed by atoms with Crippen molar-refractivity contribution < 1.29 is 4.74 Å². The lowest BCUT2D eigenvalue weighted by Crippen LogP contribution is -2.25. The maximum atomic E-state index is 5.41. The van der Waals surface area contributed by atoms with Gasteiger partial charge >= 0.3 is 0 Å². The zero-order valence-corrected chi connectivity index (χ0v) is 11.2. The number of aryl methyl sites for hydroxylation is 1. The molecule has 2 atom stereocenters. The van der Waals surface area contributed by atoms with E-state index in [4.69, 9.17) is 4.74 Å². The second-order valence-corrected chi connectivity index (χ2v) is 5.07. The fraction of sp³-hybridized carbons (Fsp3) is 0.571. The van der Waals surface area contributed by atoms with Crippen LogP contribution >= 0.6 is 0 Å². The molecule has 1 aliphatic rings. The van der Waals surface area contributed by atoms with E-state index in [2.05, 4.69) is 49.3 Å². The van der Waals surface area contributed by atoms with E-state index in [0.717, 1.165) is 18.0 Å². The predicted molar refractivity (Wildman–Crippen MR) is 71.9 cm³/mol. The Hall–Kier alpha value is -1.22. The van der Waals surface area contributed by atoms with Gasteiger partial charge in [-0.05, 0) is 45.0 Å². The molecule has 2 unspecified atom stereocenters. The van der Waals surface area contributed by atoms with Crippen LogP contribution in [0.4, 0.5) is 5.69 Å². The number of methoxy groups -OCH3 is 1. The van der Waals surface area contributed by atoms with E-state index in [1.807, 2.05) is 0 Å². The van der Waals surface area contributed by atoms with Gasteiger partial charge in [0.15, 0.2) is 0 Å². The Morgan fingerprint density at radius 1 is 1.41 bits per heavy atom. The van der Waals surface area contributed by atoms with Crippen LogP contribution in [0.1, 0.15) is 18.9 Å². The van der Waals surface area contributed by atoms with Crippen LogP contribution in [0.5, 0.6) is 5.75 Å². The van der Waals surface area contributed by atoms with E-state index in [1.54, 1.807) is 7.11 Å². The van der Waals surface area contributed by atoms with Gasteiger partial charge in [0.1, 0.15) is 5.75 Å². The van der Waals surface area contributed by atoms with Crippen molar-refractivity contribution in [2.75, 3.05) is 26.0 Å². The van der Waals surface area contributed by atoms with Crippen LogP contribution < -0.4 is 10.1 Å². The Morgan fingerprint density at radius 3 is 2.76 bits per heavy atom. The van der Waals surface area contributed by atoms with Crippen LogP contribution in [0.25, 0.3) is 0 Å². The highest BCUT2D eigenvalue weighted by Crippen LogP contribution is 2.28. The van der Waals surface area contributed by atoms with Gasteiger partial charge in [-0.25, -0.2) is 0 Å². The van der Waals surface area contributed by atoms with Crippen molar-refractivity contribution in [3.63, 3.8) is 0 Å². The lowest BCUT2D eigenvalue weighted by atomic mass is 10.1. The maximum absolute atomic E-state index is 5.41. The minimum atomic E-state index is 0.520. The van der Waals surface area contributed by atoms with Gasteiger partial charge in [-0.3, -0.25) is 0 Å². The number of nitrogens with zero attached hydrogens (tertiary/aromatic N) is 1. The van der Waals surface area contributed by atoms with Crippen LogP contribution in [-0.4, -0.2) is 37.7 Å². The third-order valence-corrected chi connectivity index (χ3v) is 3.60. The topological polar surface area (TPSA) is 24.5 Å². The standard InChI is InChI=1S/C14H22N2O/c1-10-5-6-13(14(7-10)17-4)15-12-8-11(2)16(3)9-12/h5-7,11-12,15H,8-9H2,1-4H3.